The smallest absolute Gasteiger partial charge is 0.462 e. The van der Waals surface area contributed by atoms with Gasteiger partial charge in [0.05, 0.1) is 27.7 Å². The lowest BCUT2D eigenvalue weighted by Crippen LogP contribution is -2.37. The predicted octanol–water partition coefficient (Wildman–Crippen LogP) is 21.6. The minimum atomic E-state index is -4.39. The summed E-state index contributed by atoms with van der Waals surface area (Å²) in [6.45, 7) is 4.37. The number of carbonyl (C=O) groups is 2. The van der Waals surface area contributed by atoms with Crippen molar-refractivity contribution >= 4 is 19.8 Å². The van der Waals surface area contributed by atoms with Crippen LogP contribution in [0.15, 0.2) is 72.9 Å². The van der Waals surface area contributed by atoms with Gasteiger partial charge in [-0.15, -0.1) is 0 Å². The summed E-state index contributed by atoms with van der Waals surface area (Å²) < 4.78 is 34.7. The van der Waals surface area contributed by atoms with E-state index in [4.69, 9.17) is 18.5 Å². The third-order valence-electron chi connectivity index (χ3n) is 14.8. The second-order valence-corrected chi connectivity index (χ2v) is 25.3. The van der Waals surface area contributed by atoms with Crippen LogP contribution in [0.3, 0.4) is 0 Å². The molecule has 0 saturated carbocycles. The molecule has 0 bridgehead atoms. The Hall–Kier alpha value is -2.55. The first-order valence-corrected chi connectivity index (χ1v) is 35.2. The van der Waals surface area contributed by atoms with Crippen molar-refractivity contribution in [3.63, 3.8) is 0 Å². The number of likely N-dealkylation sites (N-methyl/N-ethyl adjacent to an activating group) is 1. The van der Waals surface area contributed by atoms with Gasteiger partial charge in [0.25, 0.3) is 0 Å². The summed E-state index contributed by atoms with van der Waals surface area (Å²) in [6.07, 6.45) is 81.4. The molecule has 0 aromatic carbocycles. The Balaban J connectivity index is 4.02. The Morgan fingerprint density at radius 3 is 1.06 bits per heavy atom. The SMILES string of the molecule is CC/C=C\C/C=C\C/C=C\C/C=C\C/C=C\C/C=C\CCCCCCCCCCCCCCCCCCC(=O)OC(COC(=O)CCCCCCCCCCCCCCCCCCCCCCC)COP(=O)(O)OCC[N+](C)(C)C. The van der Waals surface area contributed by atoms with E-state index in [0.29, 0.717) is 23.9 Å². The molecule has 80 heavy (non-hydrogen) atoms. The standard InChI is InChI=1S/C70H128NO8P/c1-6-8-10-12-14-16-18-20-22-24-26-28-29-30-31-32-33-34-35-36-37-38-39-40-41-43-45-47-49-51-53-55-57-59-61-63-70(73)79-68(67-78-80(74,75)77-65-64-71(3,4)5)66-76-69(72)62-60-58-56-54-52-50-48-46-44-42-27-25-23-21-19-17-15-13-11-9-7-2/h8,10,14,16,20,22,26,28,30-31,33-34,68H,6-7,9,11-13,15,17-19,21,23-25,27,29,32,35-67H2,1-5H3/p+1/b10-8-,16-14-,22-20-,28-26-,31-30-,34-33-. The van der Waals surface area contributed by atoms with Gasteiger partial charge in [0.2, 0.25) is 0 Å². The summed E-state index contributed by atoms with van der Waals surface area (Å²) in [6, 6.07) is 0. The number of unbranched alkanes of at least 4 members (excludes halogenated alkanes) is 36. The van der Waals surface area contributed by atoms with E-state index in [1.165, 1.54) is 205 Å². The highest BCUT2D eigenvalue weighted by atomic mass is 31.2. The molecular weight excluding hydrogens is 1010 g/mol. The molecule has 0 heterocycles. The van der Waals surface area contributed by atoms with Gasteiger partial charge in [0.1, 0.15) is 19.8 Å². The molecule has 1 N–H and O–H groups in total. The average molecular weight is 1140 g/mol. The minimum Gasteiger partial charge on any atom is -0.462 e. The summed E-state index contributed by atoms with van der Waals surface area (Å²) in [4.78, 5) is 35.8. The third kappa shape index (κ3) is 64.6. The Labute approximate surface area is 495 Å². The number of hydrogen-bond acceptors (Lipinski definition) is 7. The van der Waals surface area contributed by atoms with Crippen molar-refractivity contribution in [2.24, 2.45) is 0 Å². The van der Waals surface area contributed by atoms with Gasteiger partial charge in [-0.05, 0) is 64.2 Å². The highest BCUT2D eigenvalue weighted by Gasteiger charge is 2.27. The number of allylic oxidation sites excluding steroid dienone is 12. The van der Waals surface area contributed by atoms with E-state index in [1.54, 1.807) is 0 Å². The molecule has 2 atom stereocenters. The van der Waals surface area contributed by atoms with Gasteiger partial charge in [-0.2, -0.15) is 0 Å². The predicted molar refractivity (Wildman–Crippen MR) is 344 cm³/mol. The molecule has 9 nitrogen and oxygen atoms in total. The lowest BCUT2D eigenvalue weighted by atomic mass is 10.0. The fourth-order valence-electron chi connectivity index (χ4n) is 9.61. The van der Waals surface area contributed by atoms with Crippen LogP contribution in [-0.2, 0) is 32.7 Å². The van der Waals surface area contributed by atoms with E-state index in [2.05, 4.69) is 86.8 Å². The molecule has 0 aliphatic rings. The molecule has 2 unspecified atom stereocenters. The number of esters is 2. The largest absolute Gasteiger partial charge is 0.472 e. The Morgan fingerprint density at radius 1 is 0.400 bits per heavy atom. The zero-order valence-electron chi connectivity index (χ0n) is 53.1. The maximum Gasteiger partial charge on any atom is 0.472 e. The van der Waals surface area contributed by atoms with E-state index in [-0.39, 0.29) is 25.6 Å². The third-order valence-corrected chi connectivity index (χ3v) is 15.7. The fraction of sp³-hybridized carbons (Fsp3) is 0.800. The van der Waals surface area contributed by atoms with Crippen LogP contribution in [-0.4, -0.2) is 74.9 Å². The molecule has 0 amide bonds. The highest BCUT2D eigenvalue weighted by Crippen LogP contribution is 2.43. The van der Waals surface area contributed by atoms with Crippen LogP contribution in [0.5, 0.6) is 0 Å². The lowest BCUT2D eigenvalue weighted by molar-refractivity contribution is -0.870. The van der Waals surface area contributed by atoms with Crippen LogP contribution in [0.4, 0.5) is 0 Å². The van der Waals surface area contributed by atoms with E-state index in [1.807, 2.05) is 21.1 Å². The zero-order valence-corrected chi connectivity index (χ0v) is 54.0. The molecule has 0 rings (SSSR count). The first-order valence-electron chi connectivity index (χ1n) is 33.7. The van der Waals surface area contributed by atoms with Crippen molar-refractivity contribution in [1.29, 1.82) is 0 Å². The number of nitrogens with zero attached hydrogens (tertiary/aromatic N) is 1. The van der Waals surface area contributed by atoms with Gasteiger partial charge in [-0.1, -0.05) is 305 Å². The number of quaternary nitrogens is 1. The Kier molecular flexibility index (Phi) is 59.1. The average Bonchev–Trinajstić information content (AvgIpc) is 3.42. The number of rotatable bonds is 62. The molecule has 466 valence electrons. The van der Waals surface area contributed by atoms with Crippen molar-refractivity contribution in [2.45, 2.75) is 315 Å². The molecule has 0 spiro atoms. The van der Waals surface area contributed by atoms with Crippen LogP contribution < -0.4 is 0 Å². The van der Waals surface area contributed by atoms with E-state index in [9.17, 15) is 19.0 Å². The molecule has 0 fully saturated rings. The maximum atomic E-state index is 12.9. The van der Waals surface area contributed by atoms with Gasteiger partial charge in [-0.25, -0.2) is 4.57 Å². The minimum absolute atomic E-state index is 0.0324. The first kappa shape index (κ1) is 77.5. The van der Waals surface area contributed by atoms with Crippen LogP contribution in [0.2, 0.25) is 0 Å². The Bertz CT molecular complexity index is 1580. The van der Waals surface area contributed by atoms with Crippen molar-refractivity contribution in [3.8, 4) is 0 Å². The molecule has 0 aromatic rings. The van der Waals surface area contributed by atoms with Crippen molar-refractivity contribution in [3.05, 3.63) is 72.9 Å². The van der Waals surface area contributed by atoms with Gasteiger partial charge in [0, 0.05) is 12.8 Å². The molecule has 0 aliphatic heterocycles. The second kappa shape index (κ2) is 61.0. The highest BCUT2D eigenvalue weighted by molar-refractivity contribution is 7.47. The fourth-order valence-corrected chi connectivity index (χ4v) is 10.4. The Morgan fingerprint density at radius 2 is 0.713 bits per heavy atom. The normalized spacial score (nSPS) is 13.6. The number of hydrogen-bond donors (Lipinski definition) is 1. The van der Waals surface area contributed by atoms with Gasteiger partial charge in [-0.3, -0.25) is 18.6 Å². The molecule has 0 saturated heterocycles. The van der Waals surface area contributed by atoms with Crippen LogP contribution >= 0.6 is 7.82 Å². The van der Waals surface area contributed by atoms with Crippen molar-refractivity contribution < 1.29 is 42.1 Å². The van der Waals surface area contributed by atoms with Crippen LogP contribution in [0.1, 0.15) is 309 Å². The molecule has 10 heteroatoms. The van der Waals surface area contributed by atoms with Crippen molar-refractivity contribution in [2.75, 3.05) is 47.5 Å². The lowest BCUT2D eigenvalue weighted by Gasteiger charge is -2.24. The van der Waals surface area contributed by atoms with E-state index >= 15 is 0 Å². The van der Waals surface area contributed by atoms with E-state index < -0.39 is 26.5 Å². The number of phosphoric ester groups is 1. The van der Waals surface area contributed by atoms with Gasteiger partial charge < -0.3 is 18.9 Å². The summed E-state index contributed by atoms with van der Waals surface area (Å²) in [5.74, 6) is -0.782. The van der Waals surface area contributed by atoms with E-state index in [0.717, 1.165) is 70.6 Å². The molecule has 0 aromatic heterocycles. The summed E-state index contributed by atoms with van der Waals surface area (Å²) in [7, 11) is 1.49. The van der Waals surface area contributed by atoms with Gasteiger partial charge in [0.15, 0.2) is 6.10 Å². The summed E-state index contributed by atoms with van der Waals surface area (Å²) in [5, 5.41) is 0. The number of phosphoric acid groups is 1. The van der Waals surface area contributed by atoms with Crippen molar-refractivity contribution in [1.82, 2.24) is 0 Å². The topological polar surface area (TPSA) is 108 Å². The maximum absolute atomic E-state index is 12.9. The second-order valence-electron chi connectivity index (χ2n) is 23.8. The van der Waals surface area contributed by atoms with Crippen LogP contribution in [0.25, 0.3) is 0 Å². The quantitative estimate of drug-likeness (QED) is 0.0211. The molecule has 0 aliphatic carbocycles. The molecular formula is C70H129NO8P+. The molecule has 0 radical (unpaired) electrons. The number of carbonyl (C=O) groups excluding carboxylic acids is 2. The first-order chi connectivity index (χ1) is 39.0. The number of ether oxygens (including phenoxy) is 2. The monoisotopic (exact) mass is 1140 g/mol. The van der Waals surface area contributed by atoms with Gasteiger partial charge >= 0.3 is 19.8 Å². The summed E-state index contributed by atoms with van der Waals surface area (Å²) >= 11 is 0. The summed E-state index contributed by atoms with van der Waals surface area (Å²) in [5.41, 5.74) is 0. The van der Waals surface area contributed by atoms with Crippen LogP contribution in [0, 0.1) is 0 Å². The zero-order chi connectivity index (χ0) is 58.4.